The Hall–Kier alpha value is -1.62. The summed E-state index contributed by atoms with van der Waals surface area (Å²) in [5.41, 5.74) is 1.07. The van der Waals surface area contributed by atoms with Gasteiger partial charge >= 0.3 is 0 Å². The number of hydrogen-bond acceptors (Lipinski definition) is 4. The van der Waals surface area contributed by atoms with E-state index in [1.807, 2.05) is 6.20 Å². The first kappa shape index (κ1) is 18.2. The molecule has 25 heavy (non-hydrogen) atoms. The van der Waals surface area contributed by atoms with Crippen LogP contribution in [0.4, 0.5) is 5.82 Å². The highest BCUT2D eigenvalue weighted by Gasteiger charge is 2.17. The quantitative estimate of drug-likeness (QED) is 0.833. The van der Waals surface area contributed by atoms with E-state index in [0.29, 0.717) is 18.9 Å². The average molecular weight is 345 g/mol. The molecule has 5 nitrogen and oxygen atoms in total. The van der Waals surface area contributed by atoms with E-state index in [9.17, 15) is 4.79 Å². The Morgan fingerprint density at radius 1 is 1.24 bits per heavy atom. The van der Waals surface area contributed by atoms with Crippen molar-refractivity contribution in [3.05, 3.63) is 23.9 Å². The molecule has 2 fully saturated rings. The molecule has 0 atom stereocenters. The Kier molecular flexibility index (Phi) is 6.68. The molecule has 0 spiro atoms. The molecule has 0 aliphatic carbocycles. The number of amides is 1. The first-order valence-electron chi connectivity index (χ1n) is 9.88. The number of hydrogen-bond donors (Lipinski definition) is 2. The van der Waals surface area contributed by atoms with Gasteiger partial charge in [0.05, 0.1) is 0 Å². The third-order valence-electron chi connectivity index (χ3n) is 5.64. The van der Waals surface area contributed by atoms with Crippen LogP contribution in [-0.2, 0) is 11.3 Å². The maximum Gasteiger partial charge on any atom is 0.220 e. The molecule has 2 aliphatic heterocycles. The number of piperidine rings is 2. The van der Waals surface area contributed by atoms with Gasteiger partial charge in [-0.05, 0) is 68.7 Å². The maximum atomic E-state index is 12.0. The number of pyridine rings is 1. The molecule has 0 radical (unpaired) electrons. The molecule has 1 aromatic rings. The molecule has 0 saturated carbocycles. The van der Waals surface area contributed by atoms with Crippen LogP contribution in [0.2, 0.25) is 0 Å². The van der Waals surface area contributed by atoms with Crippen LogP contribution in [0, 0.1) is 11.8 Å². The van der Waals surface area contributed by atoms with E-state index in [1.54, 1.807) is 0 Å². The summed E-state index contributed by atoms with van der Waals surface area (Å²) in [5, 5.41) is 6.40. The number of carbonyl (C=O) groups is 1. The number of aromatic nitrogens is 1. The molecule has 0 aromatic carbocycles. The van der Waals surface area contributed by atoms with Gasteiger partial charge < -0.3 is 15.5 Å². The van der Waals surface area contributed by atoms with Crippen LogP contribution in [0.3, 0.4) is 0 Å². The standard InChI is InChI=1S/C20H32N4O/c1-16-8-12-24(13-9-16)19-4-2-18(14-22-19)15-23-20(25)5-3-17-6-10-21-11-7-17/h2,4,14,16-17,21H,3,5-13,15H2,1H3,(H,23,25). The lowest BCUT2D eigenvalue weighted by molar-refractivity contribution is -0.121. The van der Waals surface area contributed by atoms with Crippen molar-refractivity contribution in [2.24, 2.45) is 11.8 Å². The number of rotatable bonds is 6. The second-order valence-electron chi connectivity index (χ2n) is 7.70. The molecule has 1 amide bonds. The van der Waals surface area contributed by atoms with Crippen LogP contribution in [0.1, 0.15) is 51.0 Å². The minimum atomic E-state index is 0.160. The van der Waals surface area contributed by atoms with Crippen LogP contribution in [0.25, 0.3) is 0 Å². The van der Waals surface area contributed by atoms with Crippen molar-refractivity contribution >= 4 is 11.7 Å². The molecule has 2 N–H and O–H groups in total. The zero-order chi connectivity index (χ0) is 17.5. The lowest BCUT2D eigenvalue weighted by Crippen LogP contribution is -2.33. The fraction of sp³-hybridized carbons (Fsp3) is 0.700. The van der Waals surface area contributed by atoms with Crippen LogP contribution >= 0.6 is 0 Å². The molecule has 1 aromatic heterocycles. The highest BCUT2D eigenvalue weighted by molar-refractivity contribution is 5.75. The molecule has 3 rings (SSSR count). The van der Waals surface area contributed by atoms with Crippen molar-refractivity contribution in [1.82, 2.24) is 15.6 Å². The molecule has 0 unspecified atom stereocenters. The lowest BCUT2D eigenvalue weighted by atomic mass is 9.93. The van der Waals surface area contributed by atoms with Gasteiger partial charge in [0.1, 0.15) is 5.82 Å². The summed E-state index contributed by atoms with van der Waals surface area (Å²) < 4.78 is 0. The van der Waals surface area contributed by atoms with Crippen molar-refractivity contribution in [2.75, 3.05) is 31.1 Å². The summed E-state index contributed by atoms with van der Waals surface area (Å²) in [5.74, 6) is 2.76. The number of carbonyl (C=O) groups excluding carboxylic acids is 1. The fourth-order valence-electron chi connectivity index (χ4n) is 3.74. The molecule has 0 bridgehead atoms. The summed E-state index contributed by atoms with van der Waals surface area (Å²) in [4.78, 5) is 19.0. The van der Waals surface area contributed by atoms with E-state index < -0.39 is 0 Å². The minimum absolute atomic E-state index is 0.160. The zero-order valence-corrected chi connectivity index (χ0v) is 15.5. The topological polar surface area (TPSA) is 57.3 Å². The smallest absolute Gasteiger partial charge is 0.220 e. The van der Waals surface area contributed by atoms with E-state index in [0.717, 1.165) is 49.9 Å². The predicted molar refractivity (Wildman–Crippen MR) is 102 cm³/mol. The summed E-state index contributed by atoms with van der Waals surface area (Å²) in [7, 11) is 0. The Labute approximate surface area is 151 Å². The zero-order valence-electron chi connectivity index (χ0n) is 15.5. The second-order valence-corrected chi connectivity index (χ2v) is 7.70. The third kappa shape index (κ3) is 5.70. The number of nitrogens with zero attached hydrogens (tertiary/aromatic N) is 2. The molecule has 3 heterocycles. The Balaban J connectivity index is 1.38. The average Bonchev–Trinajstić information content (AvgIpc) is 2.67. The summed E-state index contributed by atoms with van der Waals surface area (Å²) in [6, 6.07) is 4.18. The van der Waals surface area contributed by atoms with Gasteiger partial charge in [0.15, 0.2) is 0 Å². The van der Waals surface area contributed by atoms with E-state index in [1.165, 1.54) is 25.7 Å². The fourth-order valence-corrected chi connectivity index (χ4v) is 3.74. The Bertz CT molecular complexity index is 531. The molecule has 138 valence electrons. The van der Waals surface area contributed by atoms with E-state index >= 15 is 0 Å². The van der Waals surface area contributed by atoms with Gasteiger partial charge in [-0.1, -0.05) is 13.0 Å². The SMILES string of the molecule is CC1CCN(c2ccc(CNC(=O)CCC3CCNCC3)cn2)CC1. The van der Waals surface area contributed by atoms with Crippen LogP contribution in [-0.4, -0.2) is 37.1 Å². The predicted octanol–water partition coefficient (Wildman–Crippen LogP) is 2.71. The Morgan fingerprint density at radius 2 is 2.00 bits per heavy atom. The maximum absolute atomic E-state index is 12.0. The van der Waals surface area contributed by atoms with Gasteiger partial charge in [-0.2, -0.15) is 0 Å². The summed E-state index contributed by atoms with van der Waals surface area (Å²) in [6.07, 6.45) is 8.45. The van der Waals surface area contributed by atoms with Crippen molar-refractivity contribution in [3.63, 3.8) is 0 Å². The largest absolute Gasteiger partial charge is 0.357 e. The van der Waals surface area contributed by atoms with Gasteiger partial charge in [0.2, 0.25) is 5.91 Å². The lowest BCUT2D eigenvalue weighted by Gasteiger charge is -2.31. The number of nitrogens with one attached hydrogen (secondary N) is 2. The molecular formula is C20H32N4O. The molecular weight excluding hydrogens is 312 g/mol. The van der Waals surface area contributed by atoms with Gasteiger partial charge in [-0.25, -0.2) is 4.98 Å². The summed E-state index contributed by atoms with van der Waals surface area (Å²) >= 11 is 0. The van der Waals surface area contributed by atoms with Gasteiger partial charge in [-0.3, -0.25) is 4.79 Å². The molecule has 5 heteroatoms. The van der Waals surface area contributed by atoms with Gasteiger partial charge in [-0.15, -0.1) is 0 Å². The third-order valence-corrected chi connectivity index (χ3v) is 5.64. The monoisotopic (exact) mass is 344 g/mol. The first-order chi connectivity index (χ1) is 12.2. The molecule has 2 aliphatic rings. The number of anilines is 1. The van der Waals surface area contributed by atoms with Crippen LogP contribution in [0.5, 0.6) is 0 Å². The second kappa shape index (κ2) is 9.18. The van der Waals surface area contributed by atoms with Crippen molar-refractivity contribution in [3.8, 4) is 0 Å². The van der Waals surface area contributed by atoms with Gasteiger partial charge in [0, 0.05) is 32.3 Å². The normalized spacial score (nSPS) is 19.8. The van der Waals surface area contributed by atoms with E-state index in [4.69, 9.17) is 0 Å². The van der Waals surface area contributed by atoms with E-state index in [-0.39, 0.29) is 5.91 Å². The summed E-state index contributed by atoms with van der Waals surface area (Å²) in [6.45, 7) is 7.29. The highest BCUT2D eigenvalue weighted by Crippen LogP contribution is 2.21. The van der Waals surface area contributed by atoms with Crippen molar-refractivity contribution in [2.45, 2.75) is 52.0 Å². The highest BCUT2D eigenvalue weighted by atomic mass is 16.1. The van der Waals surface area contributed by atoms with Crippen LogP contribution in [0.15, 0.2) is 18.3 Å². The van der Waals surface area contributed by atoms with Gasteiger partial charge in [0.25, 0.3) is 0 Å². The molecule has 2 saturated heterocycles. The first-order valence-corrected chi connectivity index (χ1v) is 9.88. The van der Waals surface area contributed by atoms with E-state index in [2.05, 4.69) is 39.6 Å². The Morgan fingerprint density at radius 3 is 2.68 bits per heavy atom. The van der Waals surface area contributed by atoms with Crippen molar-refractivity contribution < 1.29 is 4.79 Å². The van der Waals surface area contributed by atoms with Crippen LogP contribution < -0.4 is 15.5 Å². The van der Waals surface area contributed by atoms with Crippen molar-refractivity contribution in [1.29, 1.82) is 0 Å². The minimum Gasteiger partial charge on any atom is -0.357 e.